The lowest BCUT2D eigenvalue weighted by Gasteiger charge is -2.23. The van der Waals surface area contributed by atoms with Crippen LogP contribution in [0.15, 0.2) is 0 Å². The summed E-state index contributed by atoms with van der Waals surface area (Å²) in [4.78, 5) is 23.5. The third-order valence-electron chi connectivity index (χ3n) is 1.53. The molecule has 0 fully saturated rings. The smallest absolute Gasteiger partial charge is 0.243 e. The van der Waals surface area contributed by atoms with Crippen molar-refractivity contribution in [1.82, 2.24) is 4.90 Å². The highest BCUT2D eigenvalue weighted by Crippen LogP contribution is 2.01. The molecule has 2 N–H and O–H groups in total. The molecule has 0 saturated heterocycles. The van der Waals surface area contributed by atoms with Crippen molar-refractivity contribution in [2.75, 3.05) is 6.54 Å². The Bertz CT molecular complexity index is 162. The van der Waals surface area contributed by atoms with Crippen molar-refractivity contribution >= 4 is 11.8 Å². The summed E-state index contributed by atoms with van der Waals surface area (Å²) in [5.74, 6) is -0.475. The number of carbonyl (C=O) groups excluding carboxylic acids is 2. The van der Waals surface area contributed by atoms with Crippen LogP contribution >= 0.6 is 0 Å². The first-order valence-corrected chi connectivity index (χ1v) is 4.09. The molecule has 0 aromatic carbocycles. The maximum Gasteiger partial charge on any atom is 0.243 e. The molecule has 0 aliphatic heterocycles. The molecule has 0 aliphatic carbocycles. The molecular formula is C8H16N2O2. The summed E-state index contributed by atoms with van der Waals surface area (Å²) in [6, 6.07) is -0.103. The van der Waals surface area contributed by atoms with Gasteiger partial charge in [-0.3, -0.25) is 14.5 Å². The van der Waals surface area contributed by atoms with Crippen LogP contribution in [0.4, 0.5) is 0 Å². The van der Waals surface area contributed by atoms with Gasteiger partial charge in [0, 0.05) is 12.5 Å². The Morgan fingerprint density at radius 2 is 1.83 bits per heavy atom. The molecule has 0 atom stereocenters. The first-order valence-electron chi connectivity index (χ1n) is 4.09. The summed E-state index contributed by atoms with van der Waals surface area (Å²) >= 11 is 0. The van der Waals surface area contributed by atoms with E-state index in [9.17, 15) is 9.59 Å². The maximum atomic E-state index is 11.2. The largest absolute Gasteiger partial charge is 0.322 e. The zero-order valence-corrected chi connectivity index (χ0v) is 7.83. The van der Waals surface area contributed by atoms with E-state index in [0.29, 0.717) is 6.42 Å². The van der Waals surface area contributed by atoms with Crippen LogP contribution in [0.1, 0.15) is 27.2 Å². The Labute approximate surface area is 72.7 Å². The van der Waals surface area contributed by atoms with E-state index in [1.165, 1.54) is 4.90 Å². The summed E-state index contributed by atoms with van der Waals surface area (Å²) in [5.41, 5.74) is 5.16. The van der Waals surface area contributed by atoms with Crippen molar-refractivity contribution in [2.45, 2.75) is 33.2 Å². The number of amides is 2. The number of rotatable bonds is 3. The van der Waals surface area contributed by atoms with E-state index in [0.717, 1.165) is 0 Å². The minimum atomic E-state index is -0.308. The predicted molar refractivity (Wildman–Crippen MR) is 46.3 cm³/mol. The number of hydrogen-bond donors (Lipinski definition) is 1. The Kier molecular flexibility index (Phi) is 4.51. The van der Waals surface area contributed by atoms with Crippen LogP contribution in [0.25, 0.3) is 0 Å². The Morgan fingerprint density at radius 1 is 1.33 bits per heavy atom. The fourth-order valence-electron chi connectivity index (χ4n) is 0.984. The maximum absolute atomic E-state index is 11.2. The molecule has 0 rings (SSSR count). The van der Waals surface area contributed by atoms with E-state index >= 15 is 0 Å². The first-order chi connectivity index (χ1) is 5.54. The van der Waals surface area contributed by atoms with Gasteiger partial charge in [-0.1, -0.05) is 6.92 Å². The van der Waals surface area contributed by atoms with Gasteiger partial charge in [0.1, 0.15) is 0 Å². The molecule has 0 saturated carbocycles. The van der Waals surface area contributed by atoms with Gasteiger partial charge < -0.3 is 5.73 Å². The van der Waals surface area contributed by atoms with Gasteiger partial charge in [0.15, 0.2) is 0 Å². The molecule has 0 unspecified atom stereocenters. The van der Waals surface area contributed by atoms with E-state index in [1.54, 1.807) is 20.8 Å². The molecule has 0 aromatic rings. The lowest BCUT2D eigenvalue weighted by molar-refractivity contribution is -0.145. The van der Waals surface area contributed by atoms with Gasteiger partial charge in [-0.05, 0) is 13.8 Å². The quantitative estimate of drug-likeness (QED) is 0.657. The molecule has 0 bridgehead atoms. The van der Waals surface area contributed by atoms with Crippen molar-refractivity contribution < 1.29 is 9.59 Å². The molecule has 0 aromatic heterocycles. The summed E-state index contributed by atoms with van der Waals surface area (Å²) in [6.07, 6.45) is 0.337. The predicted octanol–water partition coefficient (Wildman–Crippen LogP) is 0.119. The highest BCUT2D eigenvalue weighted by atomic mass is 16.2. The molecule has 12 heavy (non-hydrogen) atoms. The zero-order valence-electron chi connectivity index (χ0n) is 7.83. The zero-order chi connectivity index (χ0) is 9.72. The molecule has 0 radical (unpaired) electrons. The summed E-state index contributed by atoms with van der Waals surface area (Å²) < 4.78 is 0. The third-order valence-corrected chi connectivity index (χ3v) is 1.53. The molecular weight excluding hydrogens is 156 g/mol. The van der Waals surface area contributed by atoms with Crippen LogP contribution in [-0.4, -0.2) is 29.3 Å². The molecule has 0 spiro atoms. The summed E-state index contributed by atoms with van der Waals surface area (Å²) in [6.45, 7) is 5.20. The van der Waals surface area contributed by atoms with Gasteiger partial charge in [-0.15, -0.1) is 0 Å². The van der Waals surface area contributed by atoms with E-state index in [1.807, 2.05) is 0 Å². The van der Waals surface area contributed by atoms with Crippen molar-refractivity contribution in [3.63, 3.8) is 0 Å². The fourth-order valence-corrected chi connectivity index (χ4v) is 0.984. The Balaban J connectivity index is 4.43. The van der Waals surface area contributed by atoms with Crippen LogP contribution < -0.4 is 5.73 Å². The van der Waals surface area contributed by atoms with Gasteiger partial charge in [0.25, 0.3) is 0 Å². The van der Waals surface area contributed by atoms with Gasteiger partial charge in [0.2, 0.25) is 11.8 Å². The number of carbonyl (C=O) groups is 2. The molecule has 0 aliphatic rings. The Morgan fingerprint density at radius 3 is 2.08 bits per heavy atom. The normalized spacial score (nSPS) is 10.1. The van der Waals surface area contributed by atoms with Crippen molar-refractivity contribution in [3.05, 3.63) is 0 Å². The number of hydrogen-bond acceptors (Lipinski definition) is 3. The van der Waals surface area contributed by atoms with Crippen LogP contribution in [0, 0.1) is 0 Å². The fraction of sp³-hybridized carbons (Fsp3) is 0.750. The standard InChI is InChI=1S/C8H16N2O2/c1-4-7(11)10(6(2)3)8(12)5-9/h6H,4-5,9H2,1-3H3. The average molecular weight is 172 g/mol. The summed E-state index contributed by atoms with van der Waals surface area (Å²) in [7, 11) is 0. The van der Waals surface area contributed by atoms with Gasteiger partial charge in [-0.25, -0.2) is 0 Å². The molecule has 0 heterocycles. The minimum absolute atomic E-state index is 0.103. The van der Waals surface area contributed by atoms with E-state index in [-0.39, 0.29) is 24.4 Å². The highest BCUT2D eigenvalue weighted by Gasteiger charge is 2.20. The monoisotopic (exact) mass is 172 g/mol. The second kappa shape index (κ2) is 4.87. The van der Waals surface area contributed by atoms with E-state index < -0.39 is 0 Å². The van der Waals surface area contributed by atoms with Crippen molar-refractivity contribution in [3.8, 4) is 0 Å². The van der Waals surface area contributed by atoms with E-state index in [4.69, 9.17) is 5.73 Å². The third kappa shape index (κ3) is 2.62. The Hall–Kier alpha value is -0.900. The summed E-state index contributed by atoms with van der Waals surface area (Å²) in [5, 5.41) is 0. The molecule has 4 nitrogen and oxygen atoms in total. The lowest BCUT2D eigenvalue weighted by Crippen LogP contribution is -2.44. The van der Waals surface area contributed by atoms with Crippen molar-refractivity contribution in [2.24, 2.45) is 5.73 Å². The second-order valence-corrected chi connectivity index (χ2v) is 2.81. The number of imide groups is 1. The van der Waals surface area contributed by atoms with Crippen LogP contribution in [0.5, 0.6) is 0 Å². The van der Waals surface area contributed by atoms with Crippen LogP contribution in [0.3, 0.4) is 0 Å². The van der Waals surface area contributed by atoms with E-state index in [2.05, 4.69) is 0 Å². The minimum Gasteiger partial charge on any atom is -0.322 e. The van der Waals surface area contributed by atoms with Crippen molar-refractivity contribution in [1.29, 1.82) is 0 Å². The van der Waals surface area contributed by atoms with Crippen LogP contribution in [-0.2, 0) is 9.59 Å². The number of nitrogens with zero attached hydrogens (tertiary/aromatic N) is 1. The second-order valence-electron chi connectivity index (χ2n) is 2.81. The highest BCUT2D eigenvalue weighted by molar-refractivity contribution is 5.96. The molecule has 70 valence electrons. The SMILES string of the molecule is CCC(=O)N(C(=O)CN)C(C)C. The average Bonchev–Trinajstić information content (AvgIpc) is 2.03. The van der Waals surface area contributed by atoms with Crippen LogP contribution in [0.2, 0.25) is 0 Å². The van der Waals surface area contributed by atoms with Gasteiger partial charge in [-0.2, -0.15) is 0 Å². The molecule has 2 amide bonds. The van der Waals surface area contributed by atoms with Gasteiger partial charge >= 0.3 is 0 Å². The topological polar surface area (TPSA) is 63.4 Å². The molecule has 4 heteroatoms. The van der Waals surface area contributed by atoms with Gasteiger partial charge in [0.05, 0.1) is 6.54 Å². The number of nitrogens with two attached hydrogens (primary N) is 1. The first kappa shape index (κ1) is 11.1. The lowest BCUT2D eigenvalue weighted by atomic mass is 10.2.